The van der Waals surface area contributed by atoms with Gasteiger partial charge in [0.15, 0.2) is 0 Å². The van der Waals surface area contributed by atoms with Gasteiger partial charge in [-0.05, 0) is 63.4 Å². The summed E-state index contributed by atoms with van der Waals surface area (Å²) in [7, 11) is 0. The van der Waals surface area contributed by atoms with Crippen molar-refractivity contribution in [1.82, 2.24) is 4.57 Å². The minimum absolute atomic E-state index is 0.142. The number of allylic oxidation sites excluding steroid dienone is 2. The molecule has 2 aromatic rings. The van der Waals surface area contributed by atoms with Gasteiger partial charge in [0.2, 0.25) is 0 Å². The number of aromatic nitrogens is 1. The molecule has 1 heterocycles. The van der Waals surface area contributed by atoms with Gasteiger partial charge in [-0.2, -0.15) is 0 Å². The van der Waals surface area contributed by atoms with Crippen LogP contribution in [0.2, 0.25) is 0 Å². The minimum Gasteiger partial charge on any atom is -0.346 e. The van der Waals surface area contributed by atoms with Gasteiger partial charge in [-0.3, -0.25) is 4.99 Å². The second-order valence-corrected chi connectivity index (χ2v) is 10.3. The molecule has 1 aromatic heterocycles. The van der Waals surface area contributed by atoms with Gasteiger partial charge in [-0.15, -0.1) is 12.6 Å². The zero-order chi connectivity index (χ0) is 24.1. The van der Waals surface area contributed by atoms with E-state index in [0.29, 0.717) is 11.8 Å². The number of aliphatic imine (C=N–C) groups is 1. The number of nitrogens with zero attached hydrogens (tertiary/aromatic N) is 2. The molecule has 4 heteroatoms. The Balaban J connectivity index is 1.65. The number of nitrogens with two attached hydrogens (primary N) is 1. The summed E-state index contributed by atoms with van der Waals surface area (Å²) >= 11 is 4.52. The molecule has 1 saturated carbocycles. The second kappa shape index (κ2) is 11.2. The van der Waals surface area contributed by atoms with Gasteiger partial charge in [-0.25, -0.2) is 0 Å². The molecule has 1 aliphatic carbocycles. The van der Waals surface area contributed by atoms with Crippen LogP contribution >= 0.6 is 12.6 Å². The average molecular weight is 462 g/mol. The lowest BCUT2D eigenvalue weighted by Crippen LogP contribution is -2.27. The first-order chi connectivity index (χ1) is 15.7. The van der Waals surface area contributed by atoms with E-state index in [0.717, 1.165) is 59.5 Å². The van der Waals surface area contributed by atoms with Crippen molar-refractivity contribution in [3.63, 3.8) is 0 Å². The molecule has 0 bridgehead atoms. The van der Waals surface area contributed by atoms with Crippen molar-refractivity contribution in [3.8, 4) is 0 Å². The lowest BCUT2D eigenvalue weighted by atomic mass is 9.89. The van der Waals surface area contributed by atoms with Gasteiger partial charge >= 0.3 is 0 Å². The van der Waals surface area contributed by atoms with Crippen molar-refractivity contribution < 1.29 is 0 Å². The largest absolute Gasteiger partial charge is 0.346 e. The summed E-state index contributed by atoms with van der Waals surface area (Å²) in [5.74, 6) is 1.10. The molecule has 2 N–H and O–H groups in total. The van der Waals surface area contributed by atoms with E-state index < -0.39 is 0 Å². The molecule has 33 heavy (non-hydrogen) atoms. The summed E-state index contributed by atoms with van der Waals surface area (Å²) in [6, 6.07) is 11.1. The normalized spacial score (nSPS) is 21.4. The first-order valence-corrected chi connectivity index (χ1v) is 12.4. The van der Waals surface area contributed by atoms with Gasteiger partial charge in [0, 0.05) is 51.9 Å². The van der Waals surface area contributed by atoms with Crippen LogP contribution in [-0.2, 0) is 6.42 Å². The first-order valence-electron chi connectivity index (χ1n) is 11.9. The molecule has 3 rings (SSSR count). The maximum Gasteiger partial charge on any atom is 0.0487 e. The van der Waals surface area contributed by atoms with Crippen molar-refractivity contribution in [2.45, 2.75) is 65.0 Å². The van der Waals surface area contributed by atoms with E-state index in [2.05, 4.69) is 92.3 Å². The highest BCUT2D eigenvalue weighted by atomic mass is 32.1. The summed E-state index contributed by atoms with van der Waals surface area (Å²) < 4.78 is 2.33. The minimum atomic E-state index is 0.142. The molecule has 0 radical (unpaired) electrons. The van der Waals surface area contributed by atoms with Gasteiger partial charge in [0.1, 0.15) is 0 Å². The van der Waals surface area contributed by atoms with Crippen LogP contribution in [0, 0.1) is 18.8 Å². The van der Waals surface area contributed by atoms with E-state index in [1.165, 1.54) is 11.1 Å². The Morgan fingerprint density at radius 1 is 1.24 bits per heavy atom. The molecule has 0 amide bonds. The van der Waals surface area contributed by atoms with E-state index in [4.69, 9.17) is 5.73 Å². The van der Waals surface area contributed by atoms with Crippen LogP contribution in [0.1, 0.15) is 68.0 Å². The van der Waals surface area contributed by atoms with Gasteiger partial charge in [-0.1, -0.05) is 62.6 Å². The SMILES string of the molecule is C=C(C)N=Cc1c(C(=C)S)cn(C2CC(CCC(=C)C(C)Cc3ccccc3)CC2N)c1C. The van der Waals surface area contributed by atoms with Crippen molar-refractivity contribution in [2.75, 3.05) is 0 Å². The lowest BCUT2D eigenvalue weighted by molar-refractivity contribution is 0.435. The van der Waals surface area contributed by atoms with Crippen molar-refractivity contribution in [1.29, 1.82) is 0 Å². The topological polar surface area (TPSA) is 43.3 Å². The fraction of sp³-hybridized carbons (Fsp3) is 0.414. The van der Waals surface area contributed by atoms with E-state index >= 15 is 0 Å². The van der Waals surface area contributed by atoms with Crippen LogP contribution in [0.15, 0.2) is 72.5 Å². The summed E-state index contributed by atoms with van der Waals surface area (Å²) in [6.07, 6.45) is 9.44. The van der Waals surface area contributed by atoms with Crippen LogP contribution in [-0.4, -0.2) is 16.8 Å². The molecule has 3 nitrogen and oxygen atoms in total. The highest BCUT2D eigenvalue weighted by molar-refractivity contribution is 7.90. The van der Waals surface area contributed by atoms with Crippen molar-refractivity contribution in [3.05, 3.63) is 89.9 Å². The Labute approximate surface area is 205 Å². The number of hydrogen-bond acceptors (Lipinski definition) is 3. The summed E-state index contributed by atoms with van der Waals surface area (Å²) in [4.78, 5) is 5.16. The van der Waals surface area contributed by atoms with E-state index in [1.54, 1.807) is 0 Å². The second-order valence-electron chi connectivity index (χ2n) is 9.75. The predicted molar refractivity (Wildman–Crippen MR) is 147 cm³/mol. The summed E-state index contributed by atoms with van der Waals surface area (Å²) in [5.41, 5.74) is 13.4. The predicted octanol–water partition coefficient (Wildman–Crippen LogP) is 7.14. The third-order valence-electron chi connectivity index (χ3n) is 7.05. The zero-order valence-corrected chi connectivity index (χ0v) is 21.3. The Morgan fingerprint density at radius 2 is 1.94 bits per heavy atom. The molecular weight excluding hydrogens is 422 g/mol. The van der Waals surface area contributed by atoms with E-state index in [-0.39, 0.29) is 12.1 Å². The molecule has 1 aromatic carbocycles. The Hall–Kier alpha value is -2.30. The highest BCUT2D eigenvalue weighted by Gasteiger charge is 2.34. The van der Waals surface area contributed by atoms with Crippen LogP contribution in [0.3, 0.4) is 0 Å². The van der Waals surface area contributed by atoms with Gasteiger partial charge < -0.3 is 10.3 Å². The molecule has 4 atom stereocenters. The standard InChI is InChI=1S/C29H39N3S/c1-19(2)31-17-26-22(5)32(18-27(26)23(6)33)29-16-25(15-28(29)30)13-12-20(3)21(4)14-24-10-8-7-9-11-24/h7-11,17-18,21,25,28-29,33H,1,3,6,12-16,30H2,2,4-5H3. The average Bonchev–Trinajstić information content (AvgIpc) is 3.30. The van der Waals surface area contributed by atoms with Crippen LogP contribution < -0.4 is 5.73 Å². The first kappa shape index (κ1) is 25.3. The lowest BCUT2D eigenvalue weighted by Gasteiger charge is -2.20. The van der Waals surface area contributed by atoms with Crippen molar-refractivity contribution in [2.24, 2.45) is 22.6 Å². The molecule has 0 aliphatic heterocycles. The number of hydrogen-bond donors (Lipinski definition) is 2. The molecule has 1 aliphatic rings. The fourth-order valence-electron chi connectivity index (χ4n) is 5.01. The molecule has 0 spiro atoms. The molecule has 4 unspecified atom stereocenters. The Morgan fingerprint density at radius 3 is 2.58 bits per heavy atom. The van der Waals surface area contributed by atoms with Crippen LogP contribution in [0.25, 0.3) is 4.91 Å². The van der Waals surface area contributed by atoms with Crippen molar-refractivity contribution >= 4 is 23.7 Å². The van der Waals surface area contributed by atoms with E-state index in [9.17, 15) is 0 Å². The van der Waals surface area contributed by atoms with E-state index in [1.807, 2.05) is 13.1 Å². The third kappa shape index (κ3) is 6.39. The highest BCUT2D eigenvalue weighted by Crippen LogP contribution is 2.40. The van der Waals surface area contributed by atoms with Crippen LogP contribution in [0.4, 0.5) is 0 Å². The molecule has 176 valence electrons. The number of thiol groups is 1. The summed E-state index contributed by atoms with van der Waals surface area (Å²) in [5, 5.41) is 0. The molecule has 1 fully saturated rings. The monoisotopic (exact) mass is 461 g/mol. The quantitative estimate of drug-likeness (QED) is 0.220. The Bertz CT molecular complexity index is 1030. The smallest absolute Gasteiger partial charge is 0.0487 e. The van der Waals surface area contributed by atoms with Crippen LogP contribution in [0.5, 0.6) is 0 Å². The maximum absolute atomic E-state index is 6.66. The third-order valence-corrected chi connectivity index (χ3v) is 7.29. The molecule has 0 saturated heterocycles. The molecular formula is C29H39N3S. The number of benzene rings is 1. The number of rotatable bonds is 10. The zero-order valence-electron chi connectivity index (χ0n) is 20.4. The van der Waals surface area contributed by atoms with Gasteiger partial charge in [0.25, 0.3) is 0 Å². The maximum atomic E-state index is 6.66. The fourth-order valence-corrected chi connectivity index (χ4v) is 5.19. The van der Waals surface area contributed by atoms with Gasteiger partial charge in [0.05, 0.1) is 0 Å². The summed E-state index contributed by atoms with van der Waals surface area (Å²) in [6.45, 7) is 18.7. The Kier molecular flexibility index (Phi) is 8.61.